The molecule has 2 nitrogen and oxygen atoms in total. The number of hydrogen-bond acceptors (Lipinski definition) is 3. The van der Waals surface area contributed by atoms with E-state index in [9.17, 15) is 13.2 Å². The van der Waals surface area contributed by atoms with Gasteiger partial charge in [-0.05, 0) is 30.9 Å². The lowest BCUT2D eigenvalue weighted by Crippen LogP contribution is -2.09. The van der Waals surface area contributed by atoms with Crippen LogP contribution in [-0.4, -0.2) is 11.2 Å². The number of aromatic nitrogens is 1. The summed E-state index contributed by atoms with van der Waals surface area (Å²) in [6, 6.07) is 2.16. The van der Waals surface area contributed by atoms with Gasteiger partial charge in [0.1, 0.15) is 0 Å². The van der Waals surface area contributed by atoms with Crippen LogP contribution in [0.4, 0.5) is 13.2 Å². The summed E-state index contributed by atoms with van der Waals surface area (Å²) in [5.74, 6) is 0.833. The third-order valence-electron chi connectivity index (χ3n) is 1.32. The van der Waals surface area contributed by atoms with E-state index in [0.717, 1.165) is 18.2 Å². The van der Waals surface area contributed by atoms with Crippen molar-refractivity contribution in [2.75, 3.05) is 0 Å². The van der Waals surface area contributed by atoms with Crippen molar-refractivity contribution in [1.29, 1.82) is 0 Å². The van der Waals surface area contributed by atoms with E-state index in [1.54, 1.807) is 0 Å². The van der Waals surface area contributed by atoms with E-state index in [0.29, 0.717) is 0 Å². The fourth-order valence-corrected chi connectivity index (χ4v) is 0.924. The Kier molecular flexibility index (Phi) is 6.87. The summed E-state index contributed by atoms with van der Waals surface area (Å²) in [6.07, 6.45) is -2.19. The largest absolute Gasteiger partial charge is 0.418 e. The fourth-order valence-electron chi connectivity index (χ4n) is 0.815. The number of rotatable bonds is 1. The first-order valence-corrected chi connectivity index (χ1v) is 5.38. The van der Waals surface area contributed by atoms with E-state index in [4.69, 9.17) is 0 Å². The van der Waals surface area contributed by atoms with Crippen LogP contribution in [0.1, 0.15) is 32.0 Å². The van der Waals surface area contributed by atoms with Crippen LogP contribution in [0.2, 0.25) is 0 Å². The Labute approximate surface area is 105 Å². The number of alkyl halides is 3. The first-order chi connectivity index (χ1) is 7.79. The zero-order valence-corrected chi connectivity index (χ0v) is 10.8. The van der Waals surface area contributed by atoms with Crippen LogP contribution in [0.3, 0.4) is 0 Å². The third kappa shape index (κ3) is 6.99. The number of thiol groups is 1. The summed E-state index contributed by atoms with van der Waals surface area (Å²) in [7, 11) is 0. The molecule has 1 aromatic rings. The van der Waals surface area contributed by atoms with Gasteiger partial charge in [-0.15, -0.1) is 0 Å². The second-order valence-corrected chi connectivity index (χ2v) is 4.14. The molecule has 0 aromatic carbocycles. The summed E-state index contributed by atoms with van der Waals surface area (Å²) in [4.78, 5) is 3.52. The van der Waals surface area contributed by atoms with Gasteiger partial charge < -0.3 is 0 Å². The Bertz CT molecular complexity index is 359. The topological polar surface area (TPSA) is 25.2 Å². The van der Waals surface area contributed by atoms with Crippen LogP contribution >= 0.6 is 12.8 Å². The minimum Gasteiger partial charge on any atom is -0.255 e. The highest BCUT2D eigenvalue weighted by molar-refractivity contribution is 7.78. The summed E-state index contributed by atoms with van der Waals surface area (Å²) in [6.45, 7) is 6.50. The fraction of sp³-hybridized carbons (Fsp3) is 0.455. The first-order valence-electron chi connectivity index (χ1n) is 4.98. The van der Waals surface area contributed by atoms with Crippen molar-refractivity contribution in [3.8, 4) is 0 Å². The van der Waals surface area contributed by atoms with E-state index in [1.165, 1.54) is 12.3 Å². The molecule has 17 heavy (non-hydrogen) atoms. The molecule has 0 N–H and O–H groups in total. The normalized spacial score (nSPS) is 11.5. The Balaban J connectivity index is 0.000000557. The maximum atomic E-state index is 12.2. The molecule has 1 rings (SSSR count). The number of pyridine rings is 1. The number of hydrogen-bond donors (Lipinski definition) is 1. The van der Waals surface area contributed by atoms with Crippen molar-refractivity contribution >= 4 is 19.0 Å². The molecule has 0 atom stereocenters. The van der Waals surface area contributed by atoms with Crippen LogP contribution in [0.15, 0.2) is 22.7 Å². The molecule has 1 aromatic heterocycles. The van der Waals surface area contributed by atoms with E-state index in [2.05, 4.69) is 43.0 Å². The van der Waals surface area contributed by atoms with E-state index >= 15 is 0 Å². The van der Waals surface area contributed by atoms with E-state index in [1.807, 2.05) is 0 Å². The SMILES string of the molecule is CC(C)C.FC(F)(F)c1cccnc1/C=N/S. The Morgan fingerprint density at radius 2 is 1.88 bits per heavy atom. The van der Waals surface area contributed by atoms with Crippen LogP contribution in [0.25, 0.3) is 0 Å². The second-order valence-electron chi connectivity index (χ2n) is 3.91. The summed E-state index contributed by atoms with van der Waals surface area (Å²) in [5.41, 5.74) is -1.04. The van der Waals surface area contributed by atoms with Gasteiger partial charge in [-0.1, -0.05) is 20.8 Å². The molecule has 0 saturated carbocycles. The highest BCUT2D eigenvalue weighted by atomic mass is 32.1. The van der Waals surface area contributed by atoms with Gasteiger partial charge in [0, 0.05) is 6.20 Å². The van der Waals surface area contributed by atoms with Gasteiger partial charge in [-0.25, -0.2) is 4.40 Å². The molecular formula is C11H15F3N2S. The maximum absolute atomic E-state index is 12.2. The Hall–Kier alpha value is -1.04. The average molecular weight is 264 g/mol. The molecule has 1 heterocycles. The second kappa shape index (κ2) is 7.32. The number of nitrogens with zero attached hydrogens (tertiary/aromatic N) is 2. The molecule has 0 bridgehead atoms. The standard InChI is InChI=1S/C7H5F3N2S.C4H10/c8-7(9,10)5-2-1-3-11-6(5)4-12-13;1-4(2)3/h1-4,13H;4H,1-3H3/b12-4+;. The Morgan fingerprint density at radius 1 is 1.35 bits per heavy atom. The zero-order valence-electron chi connectivity index (χ0n) is 9.86. The highest BCUT2D eigenvalue weighted by Crippen LogP contribution is 2.30. The van der Waals surface area contributed by atoms with Gasteiger partial charge in [0.15, 0.2) is 0 Å². The van der Waals surface area contributed by atoms with Crippen molar-refractivity contribution in [3.63, 3.8) is 0 Å². The van der Waals surface area contributed by atoms with Crippen LogP contribution in [-0.2, 0) is 6.18 Å². The van der Waals surface area contributed by atoms with Crippen molar-refractivity contribution in [1.82, 2.24) is 4.98 Å². The van der Waals surface area contributed by atoms with Gasteiger partial charge in [0.25, 0.3) is 0 Å². The molecular weight excluding hydrogens is 249 g/mol. The lowest BCUT2D eigenvalue weighted by atomic mass is 10.2. The van der Waals surface area contributed by atoms with Gasteiger partial charge in [-0.3, -0.25) is 4.98 Å². The van der Waals surface area contributed by atoms with Crippen LogP contribution in [0, 0.1) is 5.92 Å². The van der Waals surface area contributed by atoms with E-state index < -0.39 is 11.7 Å². The van der Waals surface area contributed by atoms with Gasteiger partial charge >= 0.3 is 6.18 Å². The molecule has 0 aliphatic rings. The predicted octanol–water partition coefficient (Wildman–Crippen LogP) is 4.03. The van der Waals surface area contributed by atoms with Crippen molar-refractivity contribution < 1.29 is 13.2 Å². The third-order valence-corrected chi connectivity index (χ3v) is 1.44. The minimum absolute atomic E-state index is 0.231. The quantitative estimate of drug-likeness (QED) is 0.601. The molecule has 0 fully saturated rings. The van der Waals surface area contributed by atoms with Gasteiger partial charge in [-0.2, -0.15) is 13.2 Å². The maximum Gasteiger partial charge on any atom is 0.418 e. The molecule has 0 saturated heterocycles. The monoisotopic (exact) mass is 264 g/mol. The van der Waals surface area contributed by atoms with Crippen LogP contribution < -0.4 is 0 Å². The smallest absolute Gasteiger partial charge is 0.255 e. The molecule has 0 unspecified atom stereocenters. The molecule has 0 aliphatic carbocycles. The van der Waals surface area contributed by atoms with Gasteiger partial charge in [0.05, 0.1) is 17.5 Å². The lowest BCUT2D eigenvalue weighted by molar-refractivity contribution is -0.137. The zero-order chi connectivity index (χ0) is 13.5. The average Bonchev–Trinajstić information content (AvgIpc) is 2.16. The molecule has 0 spiro atoms. The van der Waals surface area contributed by atoms with Gasteiger partial charge in [0.2, 0.25) is 0 Å². The highest BCUT2D eigenvalue weighted by Gasteiger charge is 2.33. The van der Waals surface area contributed by atoms with Crippen molar-refractivity contribution in [2.45, 2.75) is 26.9 Å². The molecule has 0 radical (unpaired) electrons. The lowest BCUT2D eigenvalue weighted by Gasteiger charge is -2.07. The van der Waals surface area contributed by atoms with E-state index in [-0.39, 0.29) is 5.69 Å². The van der Waals surface area contributed by atoms with Crippen molar-refractivity contribution in [2.24, 2.45) is 10.3 Å². The first kappa shape index (κ1) is 16.0. The summed E-state index contributed by atoms with van der Waals surface area (Å²) < 4.78 is 39.9. The minimum atomic E-state index is -4.40. The Morgan fingerprint density at radius 3 is 2.29 bits per heavy atom. The number of halogens is 3. The molecule has 6 heteroatoms. The van der Waals surface area contributed by atoms with Crippen molar-refractivity contribution in [3.05, 3.63) is 29.6 Å². The molecule has 0 amide bonds. The summed E-state index contributed by atoms with van der Waals surface area (Å²) in [5, 5.41) is 0. The van der Waals surface area contributed by atoms with Crippen LogP contribution in [0.5, 0.6) is 0 Å². The molecule has 96 valence electrons. The predicted molar refractivity (Wildman–Crippen MR) is 66.3 cm³/mol. The summed E-state index contributed by atoms with van der Waals surface area (Å²) >= 11 is 3.44. The molecule has 0 aliphatic heterocycles.